The van der Waals surface area contributed by atoms with Crippen LogP contribution in [0.5, 0.6) is 0 Å². The second-order valence-electron chi connectivity index (χ2n) is 16.4. The van der Waals surface area contributed by atoms with E-state index in [0.29, 0.717) is 5.82 Å². The maximum atomic E-state index is 5.28. The van der Waals surface area contributed by atoms with Crippen LogP contribution in [0.2, 0.25) is 0 Å². The van der Waals surface area contributed by atoms with Gasteiger partial charge in [-0.25, -0.2) is 9.97 Å². The first-order valence-corrected chi connectivity index (χ1v) is 22.5. The third-order valence-electron chi connectivity index (χ3n) is 12.3. The number of benzene rings is 10. The van der Waals surface area contributed by atoms with Crippen LogP contribution in [0.3, 0.4) is 0 Å². The van der Waals surface area contributed by atoms with Gasteiger partial charge < -0.3 is 0 Å². The molecule has 0 aliphatic heterocycles. The highest BCUT2D eigenvalue weighted by Gasteiger charge is 2.29. The van der Waals surface area contributed by atoms with Crippen molar-refractivity contribution in [2.24, 2.45) is 0 Å². The monoisotopic (exact) mass is 840 g/mol. The van der Waals surface area contributed by atoms with Crippen molar-refractivity contribution in [2.45, 2.75) is 0 Å². The first-order valence-electron chi connectivity index (χ1n) is 22.5. The van der Waals surface area contributed by atoms with Gasteiger partial charge in [0, 0.05) is 16.7 Å². The largest absolute Gasteiger partial charge is 0.228 e. The highest BCUT2D eigenvalue weighted by Crippen LogP contribution is 2.56. The van der Waals surface area contributed by atoms with E-state index in [1.54, 1.807) is 0 Å². The fourth-order valence-corrected chi connectivity index (χ4v) is 9.24. The topological polar surface area (TPSA) is 25.8 Å². The van der Waals surface area contributed by atoms with Crippen LogP contribution in [0.25, 0.3) is 112 Å². The van der Waals surface area contributed by atoms with Gasteiger partial charge in [0.05, 0.1) is 11.4 Å². The smallest absolute Gasteiger partial charge is 0.160 e. The van der Waals surface area contributed by atoms with E-state index >= 15 is 0 Å². The van der Waals surface area contributed by atoms with E-state index in [1.807, 2.05) is 12.1 Å². The average Bonchev–Trinajstić information content (AvgIpc) is 3.42. The number of nitrogens with zero attached hydrogens (tertiary/aromatic N) is 2. The molecule has 11 rings (SSSR count). The van der Waals surface area contributed by atoms with Crippen LogP contribution in [0.4, 0.5) is 0 Å². The summed E-state index contributed by atoms with van der Waals surface area (Å²) in [7, 11) is 0. The molecule has 0 fully saturated rings. The molecule has 0 unspecified atom stereocenters. The van der Waals surface area contributed by atoms with E-state index in [2.05, 4.69) is 255 Å². The lowest BCUT2D eigenvalue weighted by atomic mass is 9.74. The lowest BCUT2D eigenvalue weighted by Crippen LogP contribution is -2.02. The van der Waals surface area contributed by atoms with Crippen molar-refractivity contribution in [3.63, 3.8) is 0 Å². The first kappa shape index (κ1) is 40.1. The molecule has 0 aliphatic rings. The second-order valence-corrected chi connectivity index (χ2v) is 16.4. The fraction of sp³-hybridized carbons (Fsp3) is 0. The standard InChI is InChI=1S/C64H44N2/c1-8-22-45(23-9-1)46-36-38-48(39-37-46)57-44-56(47-24-10-2-11-25-47)65-64(66-57)55-42-40-54(41-43-55)63-61(52-32-18-6-19-33-52)59(50-28-14-4-15-29-50)58(49-26-12-3-13-27-49)60(51-30-16-5-17-31-51)62(63)53-34-20-7-21-35-53/h1-44H. The number of rotatable bonds is 10. The second kappa shape index (κ2) is 18.2. The lowest BCUT2D eigenvalue weighted by molar-refractivity contribution is 1.18. The maximum Gasteiger partial charge on any atom is 0.160 e. The van der Waals surface area contributed by atoms with Crippen molar-refractivity contribution in [2.75, 3.05) is 0 Å². The molecule has 0 amide bonds. The minimum Gasteiger partial charge on any atom is -0.228 e. The van der Waals surface area contributed by atoms with Crippen LogP contribution in [0.15, 0.2) is 267 Å². The van der Waals surface area contributed by atoms with Crippen molar-refractivity contribution in [3.05, 3.63) is 267 Å². The van der Waals surface area contributed by atoms with Crippen LogP contribution < -0.4 is 0 Å². The predicted octanol–water partition coefficient (Wildman–Crippen LogP) is 17.1. The fourth-order valence-electron chi connectivity index (χ4n) is 9.24. The van der Waals surface area contributed by atoms with Gasteiger partial charge in [-0.1, -0.05) is 261 Å². The van der Waals surface area contributed by atoms with Crippen molar-refractivity contribution in [1.82, 2.24) is 9.97 Å². The Balaban J connectivity index is 1.17. The molecule has 1 heterocycles. The lowest BCUT2D eigenvalue weighted by Gasteiger charge is -2.28. The van der Waals surface area contributed by atoms with Gasteiger partial charge in [-0.3, -0.25) is 0 Å². The average molecular weight is 841 g/mol. The third-order valence-corrected chi connectivity index (χ3v) is 12.3. The van der Waals surface area contributed by atoms with E-state index < -0.39 is 0 Å². The number of aromatic nitrogens is 2. The van der Waals surface area contributed by atoms with Crippen LogP contribution in [0, 0.1) is 0 Å². The normalized spacial score (nSPS) is 11.0. The summed E-state index contributed by atoms with van der Waals surface area (Å²) < 4.78 is 0. The molecule has 0 atom stereocenters. The molecule has 0 bridgehead atoms. The van der Waals surface area contributed by atoms with Gasteiger partial charge in [0.25, 0.3) is 0 Å². The highest BCUT2D eigenvalue weighted by molar-refractivity contribution is 6.15. The Morgan fingerprint density at radius 3 is 0.682 bits per heavy atom. The molecule has 0 saturated carbocycles. The molecule has 0 radical (unpaired) electrons. The minimum atomic E-state index is 0.672. The molecule has 0 saturated heterocycles. The Kier molecular flexibility index (Phi) is 11.0. The van der Waals surface area contributed by atoms with Gasteiger partial charge in [0.15, 0.2) is 5.82 Å². The Morgan fingerprint density at radius 1 is 0.167 bits per heavy atom. The van der Waals surface area contributed by atoms with E-state index in [0.717, 1.165) is 67.0 Å². The van der Waals surface area contributed by atoms with Gasteiger partial charge >= 0.3 is 0 Å². The summed E-state index contributed by atoms with van der Waals surface area (Å²) in [5, 5.41) is 0. The van der Waals surface area contributed by atoms with Gasteiger partial charge in [0.1, 0.15) is 0 Å². The zero-order valence-corrected chi connectivity index (χ0v) is 36.3. The van der Waals surface area contributed by atoms with Gasteiger partial charge in [-0.2, -0.15) is 0 Å². The molecule has 10 aromatic carbocycles. The van der Waals surface area contributed by atoms with E-state index in [9.17, 15) is 0 Å². The minimum absolute atomic E-state index is 0.672. The summed E-state index contributed by atoms with van der Waals surface area (Å²) in [6.07, 6.45) is 0. The summed E-state index contributed by atoms with van der Waals surface area (Å²) in [4.78, 5) is 10.5. The quantitative estimate of drug-likeness (QED) is 0.137. The Hall–Kier alpha value is -8.72. The molecule has 66 heavy (non-hydrogen) atoms. The van der Waals surface area contributed by atoms with Crippen molar-refractivity contribution >= 4 is 0 Å². The van der Waals surface area contributed by atoms with Gasteiger partial charge in [-0.05, 0) is 84.0 Å². The molecule has 0 N–H and O–H groups in total. The Morgan fingerprint density at radius 2 is 0.364 bits per heavy atom. The van der Waals surface area contributed by atoms with Gasteiger partial charge in [-0.15, -0.1) is 0 Å². The molecule has 310 valence electrons. The third kappa shape index (κ3) is 7.93. The summed E-state index contributed by atoms with van der Waals surface area (Å²) >= 11 is 0. The summed E-state index contributed by atoms with van der Waals surface area (Å²) in [6.45, 7) is 0. The van der Waals surface area contributed by atoms with Crippen molar-refractivity contribution < 1.29 is 0 Å². The zero-order chi connectivity index (χ0) is 44.1. The summed E-state index contributed by atoms with van der Waals surface area (Å²) in [6, 6.07) is 95.1. The van der Waals surface area contributed by atoms with Crippen LogP contribution in [-0.2, 0) is 0 Å². The molecule has 2 nitrogen and oxygen atoms in total. The SMILES string of the molecule is c1ccc(-c2ccc(-c3cc(-c4ccccc4)nc(-c4ccc(-c5c(-c6ccccc6)c(-c6ccccc6)c(-c6ccccc6)c(-c6ccccc6)c5-c5ccccc5)cc4)n3)cc2)cc1. The zero-order valence-electron chi connectivity index (χ0n) is 36.3. The Bertz CT molecular complexity index is 3270. The number of hydrogen-bond donors (Lipinski definition) is 0. The summed E-state index contributed by atoms with van der Waals surface area (Å²) in [5.74, 6) is 0.672. The molecule has 1 aromatic heterocycles. The van der Waals surface area contributed by atoms with Crippen molar-refractivity contribution in [3.8, 4) is 112 Å². The van der Waals surface area contributed by atoms with E-state index in [1.165, 1.54) is 38.9 Å². The van der Waals surface area contributed by atoms with Crippen LogP contribution in [-0.4, -0.2) is 9.97 Å². The van der Waals surface area contributed by atoms with Crippen molar-refractivity contribution in [1.29, 1.82) is 0 Å². The molecule has 0 spiro atoms. The summed E-state index contributed by atoms with van der Waals surface area (Å²) in [5.41, 5.74) is 21.1. The first-order chi connectivity index (χ1) is 32.8. The van der Waals surface area contributed by atoms with E-state index in [-0.39, 0.29) is 0 Å². The van der Waals surface area contributed by atoms with Crippen LogP contribution in [0.1, 0.15) is 0 Å². The molecular weight excluding hydrogens is 797 g/mol. The number of hydrogen-bond acceptors (Lipinski definition) is 2. The van der Waals surface area contributed by atoms with E-state index in [4.69, 9.17) is 9.97 Å². The van der Waals surface area contributed by atoms with Gasteiger partial charge in [0.2, 0.25) is 0 Å². The molecule has 11 aromatic rings. The van der Waals surface area contributed by atoms with Crippen LogP contribution >= 0.6 is 0 Å². The maximum absolute atomic E-state index is 5.28. The molecule has 2 heteroatoms. The molecular formula is C64H44N2. The Labute approximate surface area is 386 Å². The predicted molar refractivity (Wildman–Crippen MR) is 276 cm³/mol. The molecule has 0 aliphatic carbocycles. The highest BCUT2D eigenvalue weighted by atomic mass is 14.9.